The third-order valence-corrected chi connectivity index (χ3v) is 6.08. The molecular formula is C22H26ClN3O2. The SMILES string of the molecule is COc1cccc(Cl)c1-n1ccc2c(CO)c(N3CCC(C)(N)CC3)ccc21. The molecule has 1 aromatic heterocycles. The van der Waals surface area contributed by atoms with Crippen molar-refractivity contribution in [2.75, 3.05) is 25.1 Å². The number of para-hydroxylation sites is 1. The maximum Gasteiger partial charge on any atom is 0.144 e. The minimum absolute atomic E-state index is 0.0211. The zero-order valence-corrected chi connectivity index (χ0v) is 17.0. The second-order valence-corrected chi connectivity index (χ2v) is 8.18. The first-order valence-electron chi connectivity index (χ1n) is 9.56. The molecule has 0 saturated carbocycles. The fourth-order valence-electron chi connectivity index (χ4n) is 4.08. The highest BCUT2D eigenvalue weighted by molar-refractivity contribution is 6.32. The van der Waals surface area contributed by atoms with Crippen molar-refractivity contribution in [2.24, 2.45) is 5.73 Å². The number of aliphatic hydroxyl groups is 1. The summed E-state index contributed by atoms with van der Waals surface area (Å²) < 4.78 is 7.54. The number of aliphatic hydroxyl groups excluding tert-OH is 1. The number of halogens is 1. The number of ether oxygens (including phenoxy) is 1. The van der Waals surface area contributed by atoms with Crippen molar-refractivity contribution in [3.63, 3.8) is 0 Å². The van der Waals surface area contributed by atoms with Crippen molar-refractivity contribution in [2.45, 2.75) is 31.9 Å². The van der Waals surface area contributed by atoms with Gasteiger partial charge >= 0.3 is 0 Å². The van der Waals surface area contributed by atoms with Crippen LogP contribution in [0.3, 0.4) is 0 Å². The summed E-state index contributed by atoms with van der Waals surface area (Å²) >= 11 is 6.48. The second kappa shape index (κ2) is 7.32. The van der Waals surface area contributed by atoms with Gasteiger partial charge in [0.25, 0.3) is 0 Å². The Balaban J connectivity index is 1.81. The molecule has 1 fully saturated rings. The smallest absolute Gasteiger partial charge is 0.144 e. The van der Waals surface area contributed by atoms with Gasteiger partial charge in [-0.3, -0.25) is 0 Å². The van der Waals surface area contributed by atoms with E-state index >= 15 is 0 Å². The quantitative estimate of drug-likeness (QED) is 0.693. The van der Waals surface area contributed by atoms with Crippen molar-refractivity contribution in [3.8, 4) is 11.4 Å². The summed E-state index contributed by atoms with van der Waals surface area (Å²) in [4.78, 5) is 2.33. The van der Waals surface area contributed by atoms with Gasteiger partial charge in [0.15, 0.2) is 0 Å². The Hall–Kier alpha value is -2.21. The predicted molar refractivity (Wildman–Crippen MR) is 115 cm³/mol. The van der Waals surface area contributed by atoms with E-state index in [1.165, 1.54) is 0 Å². The van der Waals surface area contributed by atoms with Gasteiger partial charge in [0.1, 0.15) is 11.4 Å². The molecule has 148 valence electrons. The Morgan fingerprint density at radius 3 is 2.61 bits per heavy atom. The van der Waals surface area contributed by atoms with Crippen LogP contribution in [-0.2, 0) is 6.61 Å². The lowest BCUT2D eigenvalue weighted by molar-refractivity contribution is 0.283. The molecule has 6 heteroatoms. The monoisotopic (exact) mass is 399 g/mol. The molecular weight excluding hydrogens is 374 g/mol. The maximum atomic E-state index is 10.2. The van der Waals surface area contributed by atoms with Gasteiger partial charge in [-0.1, -0.05) is 17.7 Å². The van der Waals surface area contributed by atoms with Crippen LogP contribution in [0.5, 0.6) is 5.75 Å². The van der Waals surface area contributed by atoms with Gasteiger partial charge in [-0.05, 0) is 50.1 Å². The van der Waals surface area contributed by atoms with Gasteiger partial charge in [0, 0.05) is 41.5 Å². The molecule has 0 unspecified atom stereocenters. The average molecular weight is 400 g/mol. The summed E-state index contributed by atoms with van der Waals surface area (Å²) in [6.07, 6.45) is 3.85. The van der Waals surface area contributed by atoms with Crippen LogP contribution in [0.4, 0.5) is 5.69 Å². The number of nitrogens with two attached hydrogens (primary N) is 1. The van der Waals surface area contributed by atoms with Gasteiger partial charge in [0.05, 0.1) is 24.3 Å². The van der Waals surface area contributed by atoms with Gasteiger partial charge in [-0.15, -0.1) is 0 Å². The summed E-state index contributed by atoms with van der Waals surface area (Å²) in [5.41, 5.74) is 9.98. The first-order valence-corrected chi connectivity index (χ1v) is 9.93. The highest BCUT2D eigenvalue weighted by atomic mass is 35.5. The largest absolute Gasteiger partial charge is 0.495 e. The first-order chi connectivity index (χ1) is 13.4. The first kappa shape index (κ1) is 19.1. The van der Waals surface area contributed by atoms with Crippen LogP contribution >= 0.6 is 11.6 Å². The fraction of sp³-hybridized carbons (Fsp3) is 0.364. The van der Waals surface area contributed by atoms with Gasteiger partial charge in [-0.2, -0.15) is 0 Å². The lowest BCUT2D eigenvalue weighted by atomic mass is 9.90. The van der Waals surface area contributed by atoms with Crippen LogP contribution in [0.15, 0.2) is 42.6 Å². The lowest BCUT2D eigenvalue weighted by Gasteiger charge is -2.38. The number of piperidine rings is 1. The van der Waals surface area contributed by atoms with Crippen molar-refractivity contribution >= 4 is 28.2 Å². The third-order valence-electron chi connectivity index (χ3n) is 5.77. The molecule has 1 aliphatic rings. The summed E-state index contributed by atoms with van der Waals surface area (Å²) in [6, 6.07) is 11.8. The molecule has 0 spiro atoms. The normalized spacial score (nSPS) is 16.5. The number of benzene rings is 2. The van der Waals surface area contributed by atoms with Crippen molar-refractivity contribution in [1.29, 1.82) is 0 Å². The Morgan fingerprint density at radius 2 is 1.93 bits per heavy atom. The molecule has 3 N–H and O–H groups in total. The zero-order valence-electron chi connectivity index (χ0n) is 16.3. The molecule has 28 heavy (non-hydrogen) atoms. The Morgan fingerprint density at radius 1 is 1.18 bits per heavy atom. The minimum Gasteiger partial charge on any atom is -0.495 e. The zero-order chi connectivity index (χ0) is 19.9. The molecule has 1 saturated heterocycles. The van der Waals surface area contributed by atoms with Gasteiger partial charge in [0.2, 0.25) is 0 Å². The number of fused-ring (bicyclic) bond motifs is 1. The molecule has 0 atom stereocenters. The van der Waals surface area contributed by atoms with Gasteiger partial charge < -0.3 is 25.0 Å². The Kier molecular flexibility index (Phi) is 5.00. The molecule has 0 bridgehead atoms. The summed E-state index contributed by atoms with van der Waals surface area (Å²) in [5.74, 6) is 0.706. The molecule has 5 nitrogen and oxygen atoms in total. The van der Waals surface area contributed by atoms with E-state index in [4.69, 9.17) is 22.1 Å². The molecule has 2 heterocycles. The molecule has 4 rings (SSSR count). The summed E-state index contributed by atoms with van der Waals surface area (Å²) in [7, 11) is 1.64. The third kappa shape index (κ3) is 3.24. The van der Waals surface area contributed by atoms with E-state index in [2.05, 4.69) is 24.0 Å². The molecule has 0 aliphatic carbocycles. The highest BCUT2D eigenvalue weighted by Gasteiger charge is 2.27. The maximum absolute atomic E-state index is 10.2. The topological polar surface area (TPSA) is 63.7 Å². The Labute approximate surface area is 170 Å². The van der Waals surface area contributed by atoms with Crippen molar-refractivity contribution < 1.29 is 9.84 Å². The van der Waals surface area contributed by atoms with Crippen LogP contribution in [0.25, 0.3) is 16.6 Å². The summed E-state index contributed by atoms with van der Waals surface area (Å²) in [6.45, 7) is 3.87. The van der Waals surface area contributed by atoms with Crippen LogP contribution in [0.1, 0.15) is 25.3 Å². The average Bonchev–Trinajstić information content (AvgIpc) is 3.10. The number of anilines is 1. The van der Waals surface area contributed by atoms with Gasteiger partial charge in [-0.25, -0.2) is 0 Å². The van der Waals surface area contributed by atoms with Crippen molar-refractivity contribution in [3.05, 3.63) is 53.2 Å². The van der Waals surface area contributed by atoms with E-state index in [0.717, 1.165) is 53.8 Å². The highest BCUT2D eigenvalue weighted by Crippen LogP contribution is 2.37. The number of hydrogen-bond acceptors (Lipinski definition) is 4. The van der Waals surface area contributed by atoms with E-state index < -0.39 is 0 Å². The number of methoxy groups -OCH3 is 1. The number of hydrogen-bond donors (Lipinski definition) is 2. The van der Waals surface area contributed by atoms with E-state index in [1.807, 2.05) is 35.0 Å². The van der Waals surface area contributed by atoms with E-state index in [9.17, 15) is 5.11 Å². The lowest BCUT2D eigenvalue weighted by Crippen LogP contribution is -2.48. The standard InChI is InChI=1S/C22H26ClN3O2/c1-22(24)9-12-25(13-10-22)18-6-7-19-15(16(18)14-27)8-11-26(19)21-17(23)4-3-5-20(21)28-2/h3-8,11,27H,9-10,12-14,24H2,1-2H3. The second-order valence-electron chi connectivity index (χ2n) is 7.77. The van der Waals surface area contributed by atoms with Crippen LogP contribution in [0.2, 0.25) is 5.02 Å². The molecule has 3 aromatic rings. The van der Waals surface area contributed by atoms with E-state index in [0.29, 0.717) is 10.8 Å². The Bertz CT molecular complexity index is 1000. The van der Waals surface area contributed by atoms with Crippen LogP contribution < -0.4 is 15.4 Å². The van der Waals surface area contributed by atoms with Crippen LogP contribution in [0, 0.1) is 0 Å². The van der Waals surface area contributed by atoms with E-state index in [-0.39, 0.29) is 12.1 Å². The van der Waals surface area contributed by atoms with E-state index in [1.54, 1.807) is 7.11 Å². The fourth-order valence-corrected chi connectivity index (χ4v) is 4.33. The minimum atomic E-state index is -0.107. The van der Waals surface area contributed by atoms with Crippen molar-refractivity contribution in [1.82, 2.24) is 4.57 Å². The summed E-state index contributed by atoms with van der Waals surface area (Å²) in [5, 5.41) is 11.8. The molecule has 0 radical (unpaired) electrons. The van der Waals surface area contributed by atoms with Crippen LogP contribution in [-0.4, -0.2) is 35.4 Å². The number of nitrogens with zero attached hydrogens (tertiary/aromatic N) is 2. The number of rotatable bonds is 4. The number of aromatic nitrogens is 1. The predicted octanol–water partition coefficient (Wildman–Crippen LogP) is 4.10. The molecule has 2 aromatic carbocycles. The molecule has 1 aliphatic heterocycles. The molecule has 0 amide bonds.